The van der Waals surface area contributed by atoms with Crippen molar-refractivity contribution >= 4 is 0 Å². The zero-order valence-electron chi connectivity index (χ0n) is 51.4. The van der Waals surface area contributed by atoms with E-state index in [2.05, 4.69) is 40.7 Å². The molecule has 9 aliphatic rings. The van der Waals surface area contributed by atoms with Crippen molar-refractivity contribution in [2.24, 2.45) is 45.3 Å². The first-order valence-corrected chi connectivity index (χ1v) is 31.3. The van der Waals surface area contributed by atoms with E-state index in [9.17, 15) is 86.8 Å². The highest BCUT2D eigenvalue weighted by Crippen LogP contribution is 2.76. The third-order valence-electron chi connectivity index (χ3n) is 22.9. The van der Waals surface area contributed by atoms with Crippen LogP contribution in [-0.2, 0) is 47.4 Å². The number of allylic oxidation sites excluding steroid dienone is 2. The maximum Gasteiger partial charge on any atom is 0.187 e. The molecule has 0 amide bonds. The maximum absolute atomic E-state index is 12.9. The van der Waals surface area contributed by atoms with Crippen molar-refractivity contribution in [3.8, 4) is 0 Å². The third kappa shape index (κ3) is 12.7. The minimum atomic E-state index is -1.87. The molecular formula is C60H102O27. The van der Waals surface area contributed by atoms with Crippen molar-refractivity contribution in [1.29, 1.82) is 0 Å². The molecule has 87 heavy (non-hydrogen) atoms. The number of hydrogen-bond acceptors (Lipinski definition) is 27. The summed E-state index contributed by atoms with van der Waals surface area (Å²) in [4.78, 5) is 0. The Morgan fingerprint density at radius 1 is 0.506 bits per heavy atom. The average molecular weight is 1260 g/mol. The van der Waals surface area contributed by atoms with Crippen LogP contribution in [0.5, 0.6) is 0 Å². The van der Waals surface area contributed by atoms with Crippen LogP contribution in [0.3, 0.4) is 0 Å². The molecule has 0 spiro atoms. The molecule has 17 N–H and O–H groups in total. The number of ether oxygens (including phenoxy) is 10. The van der Waals surface area contributed by atoms with E-state index in [-0.39, 0.29) is 34.5 Å². The zero-order valence-corrected chi connectivity index (χ0v) is 51.4. The second-order valence-corrected chi connectivity index (χ2v) is 28.6. The van der Waals surface area contributed by atoms with Gasteiger partial charge in [0.25, 0.3) is 0 Å². The number of aliphatic hydroxyl groups is 17. The first kappa shape index (κ1) is 70.0. The number of rotatable bonds is 18. The van der Waals surface area contributed by atoms with Crippen molar-refractivity contribution in [3.05, 3.63) is 11.6 Å². The molecule has 5 heterocycles. The molecular weight excluding hydrogens is 1150 g/mol. The molecule has 5 aliphatic heterocycles. The van der Waals surface area contributed by atoms with Crippen LogP contribution in [0.1, 0.15) is 120 Å². The van der Waals surface area contributed by atoms with Crippen LogP contribution in [0.2, 0.25) is 0 Å². The van der Waals surface area contributed by atoms with Crippen molar-refractivity contribution < 1.29 is 134 Å². The Morgan fingerprint density at radius 3 is 1.55 bits per heavy atom. The molecule has 0 aromatic carbocycles. The molecule has 0 bridgehead atoms. The smallest absolute Gasteiger partial charge is 0.187 e. The van der Waals surface area contributed by atoms with E-state index in [1.807, 2.05) is 20.8 Å². The van der Waals surface area contributed by atoms with E-state index in [1.54, 1.807) is 0 Å². The van der Waals surface area contributed by atoms with Crippen molar-refractivity contribution in [2.45, 2.75) is 291 Å². The van der Waals surface area contributed by atoms with Gasteiger partial charge in [-0.3, -0.25) is 0 Å². The Morgan fingerprint density at radius 2 is 0.989 bits per heavy atom. The summed E-state index contributed by atoms with van der Waals surface area (Å²) >= 11 is 0. The first-order valence-electron chi connectivity index (χ1n) is 31.3. The second kappa shape index (κ2) is 26.8. The van der Waals surface area contributed by atoms with Crippen LogP contribution >= 0.6 is 0 Å². The van der Waals surface area contributed by atoms with Crippen LogP contribution in [-0.4, -0.2) is 285 Å². The average Bonchev–Trinajstić information content (AvgIpc) is 1.68. The molecule has 27 heteroatoms. The van der Waals surface area contributed by atoms with Gasteiger partial charge in [0.05, 0.1) is 50.3 Å². The van der Waals surface area contributed by atoms with Crippen LogP contribution in [0.25, 0.3) is 0 Å². The van der Waals surface area contributed by atoms with E-state index in [1.165, 1.54) is 6.92 Å². The van der Waals surface area contributed by atoms with Gasteiger partial charge in [0.15, 0.2) is 31.5 Å². The fourth-order valence-corrected chi connectivity index (χ4v) is 17.6. The van der Waals surface area contributed by atoms with E-state index in [0.29, 0.717) is 38.5 Å². The van der Waals surface area contributed by atoms with E-state index >= 15 is 0 Å². The topological polar surface area (TPSA) is 436 Å². The van der Waals surface area contributed by atoms with Gasteiger partial charge in [-0.05, 0) is 131 Å². The molecule has 35 atom stereocenters. The first-order chi connectivity index (χ1) is 40.7. The molecule has 9 rings (SSSR count). The van der Waals surface area contributed by atoms with Gasteiger partial charge in [-0.25, -0.2) is 0 Å². The van der Waals surface area contributed by atoms with Gasteiger partial charge in [0.2, 0.25) is 0 Å². The largest absolute Gasteiger partial charge is 0.394 e. The highest BCUT2D eigenvalue weighted by atomic mass is 16.8. The lowest BCUT2D eigenvalue weighted by molar-refractivity contribution is -0.372. The number of fused-ring (bicyclic) bond motifs is 5. The van der Waals surface area contributed by atoms with Gasteiger partial charge in [-0.2, -0.15) is 0 Å². The fraction of sp³-hybridized carbons (Fsp3) is 0.967. The zero-order chi connectivity index (χ0) is 63.9. The van der Waals surface area contributed by atoms with Gasteiger partial charge in [-0.15, -0.1) is 0 Å². The fourth-order valence-electron chi connectivity index (χ4n) is 17.6. The molecule has 0 aromatic rings. The van der Waals surface area contributed by atoms with E-state index < -0.39 is 209 Å². The van der Waals surface area contributed by atoms with Gasteiger partial charge in [-0.1, -0.05) is 46.3 Å². The highest BCUT2D eigenvalue weighted by molar-refractivity contribution is 5.21. The lowest BCUT2D eigenvalue weighted by atomic mass is 9.35. The van der Waals surface area contributed by atoms with Gasteiger partial charge in [0, 0.05) is 0 Å². The summed E-state index contributed by atoms with van der Waals surface area (Å²) in [6, 6.07) is 0. The summed E-state index contributed by atoms with van der Waals surface area (Å²) in [5, 5.41) is 185. The standard InChI is InChI=1S/C60H102O27/c1-24(2)11-10-15-60(9,87-54-49(77)44(72)40(68)31(84-54)22-78-51-46(74)41(69)37(65)28(20-61)81-51)26-12-17-59(8)35(26)27(63)19-33-57(6)16-14-34(56(4,5)32(57)13-18-58(33,59)7)85-52-47(75)43(71)39(67)30(83-52)23-79-55-50(45(73)36(64)25(3)80-55)86-53-48(76)42(70)38(66)29(21-62)82-53/h11,25-55,61-77H,10,12-23H2,1-9H3/t25-,26+,27-,28-,29-,30-,31-,32-,33-,34-,35+,36-,37-,38-,39-,40-,41+,42+,43+,44+,45+,46-,47-,48-,49-,50-,51-,52+,53+,54+,55-,57-,58-,59+,60-/m0/s1. The second-order valence-electron chi connectivity index (χ2n) is 28.6. The molecule has 504 valence electrons. The van der Waals surface area contributed by atoms with Crippen molar-refractivity contribution in [1.82, 2.24) is 0 Å². The Balaban J connectivity index is 0.884. The number of aliphatic hydroxyl groups excluding tert-OH is 17. The van der Waals surface area contributed by atoms with Crippen LogP contribution in [0.4, 0.5) is 0 Å². The normalized spacial score (nSPS) is 53.3. The Bertz CT molecular complexity index is 2300. The van der Waals surface area contributed by atoms with Crippen LogP contribution in [0, 0.1) is 45.3 Å². The minimum Gasteiger partial charge on any atom is -0.394 e. The molecule has 4 aliphatic carbocycles. The SMILES string of the molecule is CC(C)=CCC[C@](C)(O[C@H]1O[C@@H](CO[C@H]2O[C@@H](CO)[C@H](O)[C@@H](O)[C@@H]2O)[C@H](O)[C@@H](O)[C@@H]1O)[C@@H]1CC[C@]2(C)[C@H]1[C@@H](O)C[C@H]1[C@@]3(C)CC[C@H](O[C@H]4O[C@@H](CO[C@H]5O[C@@H](C)[C@H](O)[C@@H](O)[C@@H]5O[C@H]5O[C@@H](CO)[C@H](O)[C@@H](O)[C@@H]5O)[C@H](O)[C@@H](O)[C@@H]4O)C(C)(C)[C@@H]3CC[C@@]12C. The predicted molar refractivity (Wildman–Crippen MR) is 297 cm³/mol. The summed E-state index contributed by atoms with van der Waals surface area (Å²) < 4.78 is 60.5. The summed E-state index contributed by atoms with van der Waals surface area (Å²) in [6.45, 7) is 16.0. The molecule has 0 aromatic heterocycles. The van der Waals surface area contributed by atoms with Crippen LogP contribution < -0.4 is 0 Å². The number of hydrogen-bond donors (Lipinski definition) is 17. The molecule has 4 saturated carbocycles. The van der Waals surface area contributed by atoms with Crippen molar-refractivity contribution in [3.63, 3.8) is 0 Å². The molecule has 9 fully saturated rings. The summed E-state index contributed by atoms with van der Waals surface area (Å²) in [6.07, 6.45) is -33.6. The van der Waals surface area contributed by atoms with Crippen LogP contribution in [0.15, 0.2) is 11.6 Å². The molecule has 5 saturated heterocycles. The third-order valence-corrected chi connectivity index (χ3v) is 22.9. The van der Waals surface area contributed by atoms with Gasteiger partial charge >= 0.3 is 0 Å². The lowest BCUT2D eigenvalue weighted by Gasteiger charge is -2.71. The molecule has 0 radical (unpaired) electrons. The molecule has 27 nitrogen and oxygen atoms in total. The summed E-state index contributed by atoms with van der Waals surface area (Å²) in [5.41, 5.74) is -1.68. The predicted octanol–water partition coefficient (Wildman–Crippen LogP) is -3.35. The Kier molecular flexibility index (Phi) is 21.6. The Labute approximate surface area is 507 Å². The maximum atomic E-state index is 12.9. The van der Waals surface area contributed by atoms with Gasteiger partial charge in [0.1, 0.15) is 116 Å². The van der Waals surface area contributed by atoms with Crippen molar-refractivity contribution in [2.75, 3.05) is 26.4 Å². The lowest BCUT2D eigenvalue weighted by Crippen LogP contribution is -2.67. The monoisotopic (exact) mass is 1250 g/mol. The highest BCUT2D eigenvalue weighted by Gasteiger charge is 2.72. The van der Waals surface area contributed by atoms with Gasteiger partial charge < -0.3 is 134 Å². The summed E-state index contributed by atoms with van der Waals surface area (Å²) in [5.74, 6) is -0.532. The van der Waals surface area contributed by atoms with E-state index in [4.69, 9.17) is 47.4 Å². The summed E-state index contributed by atoms with van der Waals surface area (Å²) in [7, 11) is 0. The minimum absolute atomic E-state index is 0.0225. The van der Waals surface area contributed by atoms with E-state index in [0.717, 1.165) is 24.8 Å². The molecule has 0 unspecified atom stereocenters. The Hall–Kier alpha value is -1.34. The quantitative estimate of drug-likeness (QED) is 0.0471.